The van der Waals surface area contributed by atoms with Crippen molar-refractivity contribution in [2.45, 2.75) is 25.1 Å². The van der Waals surface area contributed by atoms with Gasteiger partial charge in [-0.15, -0.1) is 0 Å². The van der Waals surface area contributed by atoms with E-state index in [2.05, 4.69) is 30.4 Å². The van der Waals surface area contributed by atoms with Crippen LogP contribution in [0.4, 0.5) is 11.6 Å². The molecular formula is C20H26N8O. The lowest BCUT2D eigenvalue weighted by Crippen LogP contribution is -2.38. The van der Waals surface area contributed by atoms with E-state index in [1.807, 2.05) is 55.4 Å². The molecule has 1 aliphatic rings. The molecule has 0 aliphatic carbocycles. The standard InChI is InChI=1S/C20H26N8O/c1-26(2)19-9-20(23-14-22-19)27-13-18(29)8-17(27)12-21-10-15-11-24-28(25-15)16-6-4-3-5-7-16/h3-7,9,11,14,17-18,21,29H,8,10,12-13H2,1-2H3/t17-,18-/m1/s1. The first-order valence-electron chi connectivity index (χ1n) is 9.71. The van der Waals surface area contributed by atoms with Gasteiger partial charge in [0.05, 0.1) is 23.7 Å². The van der Waals surface area contributed by atoms with Crippen molar-refractivity contribution in [2.24, 2.45) is 0 Å². The molecule has 9 heteroatoms. The van der Waals surface area contributed by atoms with E-state index in [0.29, 0.717) is 19.5 Å². The zero-order valence-corrected chi connectivity index (χ0v) is 16.7. The Balaban J connectivity index is 1.37. The Labute approximate surface area is 170 Å². The van der Waals surface area contributed by atoms with Gasteiger partial charge < -0.3 is 20.2 Å². The van der Waals surface area contributed by atoms with Crippen molar-refractivity contribution >= 4 is 11.6 Å². The summed E-state index contributed by atoms with van der Waals surface area (Å²) in [5.74, 6) is 1.68. The van der Waals surface area contributed by atoms with Crippen LogP contribution in [0.1, 0.15) is 12.1 Å². The number of benzene rings is 1. The molecule has 0 radical (unpaired) electrons. The van der Waals surface area contributed by atoms with Crippen LogP contribution in [0.25, 0.3) is 5.69 Å². The van der Waals surface area contributed by atoms with Crippen molar-refractivity contribution in [1.29, 1.82) is 0 Å². The second kappa shape index (κ2) is 8.54. The largest absolute Gasteiger partial charge is 0.391 e. The molecule has 4 rings (SSSR count). The summed E-state index contributed by atoms with van der Waals surface area (Å²) in [6.07, 6.45) is 3.68. The summed E-state index contributed by atoms with van der Waals surface area (Å²) in [7, 11) is 3.90. The molecule has 2 aromatic heterocycles. The second-order valence-electron chi connectivity index (χ2n) is 7.42. The predicted molar refractivity (Wildman–Crippen MR) is 111 cm³/mol. The summed E-state index contributed by atoms with van der Waals surface area (Å²) in [5.41, 5.74) is 1.81. The third-order valence-corrected chi connectivity index (χ3v) is 5.00. The van der Waals surface area contributed by atoms with E-state index in [9.17, 15) is 5.11 Å². The first kappa shape index (κ1) is 19.3. The van der Waals surface area contributed by atoms with E-state index in [1.54, 1.807) is 17.3 Å². The van der Waals surface area contributed by atoms with Crippen molar-refractivity contribution in [3.8, 4) is 5.69 Å². The highest BCUT2D eigenvalue weighted by atomic mass is 16.3. The molecule has 1 fully saturated rings. The average molecular weight is 394 g/mol. The van der Waals surface area contributed by atoms with Gasteiger partial charge in [-0.05, 0) is 18.6 Å². The monoisotopic (exact) mass is 394 g/mol. The number of aliphatic hydroxyl groups is 1. The normalized spacial score (nSPS) is 18.9. The third-order valence-electron chi connectivity index (χ3n) is 5.00. The van der Waals surface area contributed by atoms with Crippen LogP contribution in [-0.2, 0) is 6.54 Å². The molecule has 2 atom stereocenters. The number of β-amino-alcohol motifs (C(OH)–C–C–N with tert-alkyl or cyclic N) is 1. The first-order valence-corrected chi connectivity index (χ1v) is 9.71. The van der Waals surface area contributed by atoms with E-state index in [4.69, 9.17) is 0 Å². The van der Waals surface area contributed by atoms with E-state index in [0.717, 1.165) is 29.6 Å². The van der Waals surface area contributed by atoms with Gasteiger partial charge in [-0.3, -0.25) is 0 Å². The quantitative estimate of drug-likeness (QED) is 0.609. The summed E-state index contributed by atoms with van der Waals surface area (Å²) < 4.78 is 0. The van der Waals surface area contributed by atoms with Crippen molar-refractivity contribution in [1.82, 2.24) is 30.3 Å². The van der Waals surface area contributed by atoms with E-state index in [1.165, 1.54) is 0 Å². The highest BCUT2D eigenvalue weighted by Gasteiger charge is 2.31. The second-order valence-corrected chi connectivity index (χ2v) is 7.42. The van der Waals surface area contributed by atoms with Gasteiger partial charge in [0.2, 0.25) is 0 Å². The van der Waals surface area contributed by atoms with Crippen molar-refractivity contribution in [3.63, 3.8) is 0 Å². The molecule has 1 saturated heterocycles. The lowest BCUT2D eigenvalue weighted by atomic mass is 10.2. The summed E-state index contributed by atoms with van der Waals surface area (Å²) in [4.78, 5) is 14.4. The van der Waals surface area contributed by atoms with Crippen LogP contribution in [0, 0.1) is 0 Å². The number of hydrogen-bond donors (Lipinski definition) is 2. The average Bonchev–Trinajstić information content (AvgIpc) is 3.35. The number of para-hydroxylation sites is 1. The molecule has 3 heterocycles. The van der Waals surface area contributed by atoms with Crippen LogP contribution in [0.15, 0.2) is 48.9 Å². The number of rotatable bonds is 7. The van der Waals surface area contributed by atoms with E-state index in [-0.39, 0.29) is 12.1 Å². The van der Waals surface area contributed by atoms with Crippen LogP contribution < -0.4 is 15.1 Å². The maximum atomic E-state index is 10.2. The Hall–Kier alpha value is -3.04. The number of anilines is 2. The Morgan fingerprint density at radius 1 is 1.21 bits per heavy atom. The molecule has 0 saturated carbocycles. The number of nitrogens with one attached hydrogen (secondary N) is 1. The molecule has 0 amide bonds. The molecule has 0 spiro atoms. The number of aliphatic hydroxyl groups excluding tert-OH is 1. The van der Waals surface area contributed by atoms with E-state index >= 15 is 0 Å². The zero-order chi connectivity index (χ0) is 20.2. The predicted octanol–water partition coefficient (Wildman–Crippen LogP) is 0.853. The van der Waals surface area contributed by atoms with Crippen LogP contribution in [0.3, 0.4) is 0 Å². The highest BCUT2D eigenvalue weighted by Crippen LogP contribution is 2.25. The summed E-state index contributed by atoms with van der Waals surface area (Å²) >= 11 is 0. The maximum Gasteiger partial charge on any atom is 0.134 e. The first-order chi connectivity index (χ1) is 14.1. The third kappa shape index (κ3) is 4.52. The fourth-order valence-corrected chi connectivity index (χ4v) is 3.53. The molecule has 9 nitrogen and oxygen atoms in total. The highest BCUT2D eigenvalue weighted by molar-refractivity contribution is 5.51. The summed E-state index contributed by atoms with van der Waals surface area (Å²) in [5, 5.41) is 22.5. The SMILES string of the molecule is CN(C)c1cc(N2C[C@H](O)C[C@@H]2CNCc2cnn(-c3ccccc3)n2)ncn1. The minimum absolute atomic E-state index is 0.152. The van der Waals surface area contributed by atoms with Crippen LogP contribution >= 0.6 is 0 Å². The van der Waals surface area contributed by atoms with Crippen molar-refractivity contribution in [3.05, 3.63) is 54.6 Å². The summed E-state index contributed by atoms with van der Waals surface area (Å²) in [6, 6.07) is 11.9. The van der Waals surface area contributed by atoms with E-state index < -0.39 is 0 Å². The molecule has 0 bridgehead atoms. The van der Waals surface area contributed by atoms with Crippen molar-refractivity contribution in [2.75, 3.05) is 37.0 Å². The number of hydrogen-bond acceptors (Lipinski definition) is 8. The molecular weight excluding hydrogens is 368 g/mol. The maximum absolute atomic E-state index is 10.2. The Morgan fingerprint density at radius 2 is 2.03 bits per heavy atom. The fraction of sp³-hybridized carbons (Fsp3) is 0.400. The molecule has 0 unspecified atom stereocenters. The fourth-order valence-electron chi connectivity index (χ4n) is 3.53. The topological polar surface area (TPSA) is 95.2 Å². The van der Waals surface area contributed by atoms with Gasteiger partial charge in [-0.25, -0.2) is 9.97 Å². The zero-order valence-electron chi connectivity index (χ0n) is 16.7. The van der Waals surface area contributed by atoms with Gasteiger partial charge in [0, 0.05) is 45.8 Å². The lowest BCUT2D eigenvalue weighted by Gasteiger charge is -2.26. The Kier molecular flexibility index (Phi) is 5.68. The van der Waals surface area contributed by atoms with Crippen LogP contribution in [-0.4, -0.2) is 69.4 Å². The van der Waals surface area contributed by atoms with Gasteiger partial charge in [0.1, 0.15) is 18.0 Å². The molecule has 3 aromatic rings. The van der Waals surface area contributed by atoms with Gasteiger partial charge in [0.25, 0.3) is 0 Å². The minimum atomic E-state index is -0.362. The van der Waals surface area contributed by atoms with Crippen LogP contribution in [0.5, 0.6) is 0 Å². The molecule has 2 N–H and O–H groups in total. The number of aromatic nitrogens is 5. The van der Waals surface area contributed by atoms with Gasteiger partial charge in [-0.2, -0.15) is 15.0 Å². The smallest absolute Gasteiger partial charge is 0.134 e. The Morgan fingerprint density at radius 3 is 2.83 bits per heavy atom. The lowest BCUT2D eigenvalue weighted by molar-refractivity contribution is 0.194. The molecule has 152 valence electrons. The molecule has 29 heavy (non-hydrogen) atoms. The Bertz CT molecular complexity index is 929. The van der Waals surface area contributed by atoms with Gasteiger partial charge in [0.15, 0.2) is 0 Å². The van der Waals surface area contributed by atoms with Crippen LogP contribution in [0.2, 0.25) is 0 Å². The van der Waals surface area contributed by atoms with Gasteiger partial charge in [-0.1, -0.05) is 18.2 Å². The number of nitrogens with zero attached hydrogens (tertiary/aromatic N) is 7. The minimum Gasteiger partial charge on any atom is -0.391 e. The van der Waals surface area contributed by atoms with Gasteiger partial charge >= 0.3 is 0 Å². The molecule has 1 aliphatic heterocycles. The summed E-state index contributed by atoms with van der Waals surface area (Å²) in [6.45, 7) is 1.90. The molecule has 1 aromatic carbocycles. The van der Waals surface area contributed by atoms with Crippen molar-refractivity contribution < 1.29 is 5.11 Å².